The van der Waals surface area contributed by atoms with E-state index < -0.39 is 12.8 Å². The molecule has 0 bridgehead atoms. The minimum Gasteiger partial charge on any atom is -0.484 e. The molecule has 0 saturated carbocycles. The molecule has 1 heterocycles. The quantitative estimate of drug-likeness (QED) is 0.218. The van der Waals surface area contributed by atoms with Crippen molar-refractivity contribution >= 4 is 29.9 Å². The molecule has 2 aromatic carbocycles. The van der Waals surface area contributed by atoms with Gasteiger partial charge in [-0.15, -0.1) is 24.0 Å². The van der Waals surface area contributed by atoms with Gasteiger partial charge in [0.2, 0.25) is 0 Å². The number of aromatic nitrogens is 3. The number of hydrogen-bond donors (Lipinski definition) is 3. The fourth-order valence-corrected chi connectivity index (χ4v) is 2.73. The van der Waals surface area contributed by atoms with Gasteiger partial charge in [0.1, 0.15) is 12.1 Å². The zero-order chi connectivity index (χ0) is 22.1. The zero-order valence-electron chi connectivity index (χ0n) is 17.3. The number of ether oxygens (including phenoxy) is 1. The Kier molecular flexibility index (Phi) is 9.75. The van der Waals surface area contributed by atoms with Gasteiger partial charge in [0.05, 0.1) is 6.54 Å². The van der Waals surface area contributed by atoms with E-state index in [0.717, 1.165) is 16.7 Å². The van der Waals surface area contributed by atoms with Crippen molar-refractivity contribution in [3.63, 3.8) is 0 Å². The number of aliphatic imine (C=N–C) groups is 1. The summed E-state index contributed by atoms with van der Waals surface area (Å²) in [5, 5.41) is 13.1. The average Bonchev–Trinajstić information content (AvgIpc) is 3.30. The van der Waals surface area contributed by atoms with Crippen LogP contribution in [0, 0.1) is 0 Å². The van der Waals surface area contributed by atoms with Gasteiger partial charge in [0.25, 0.3) is 0 Å². The van der Waals surface area contributed by atoms with Gasteiger partial charge in [-0.05, 0) is 36.2 Å². The van der Waals surface area contributed by atoms with Crippen molar-refractivity contribution in [2.45, 2.75) is 26.2 Å². The lowest BCUT2D eigenvalue weighted by molar-refractivity contribution is -0.153. The number of alkyl halides is 3. The van der Waals surface area contributed by atoms with E-state index in [-0.39, 0.29) is 29.7 Å². The van der Waals surface area contributed by atoms with Gasteiger partial charge < -0.3 is 15.4 Å². The first-order chi connectivity index (χ1) is 14.9. The summed E-state index contributed by atoms with van der Waals surface area (Å²) >= 11 is 0. The smallest absolute Gasteiger partial charge is 0.422 e. The Morgan fingerprint density at radius 1 is 1.09 bits per heavy atom. The lowest BCUT2D eigenvalue weighted by atomic mass is 10.1. The first-order valence-electron chi connectivity index (χ1n) is 9.68. The number of rotatable bonds is 8. The molecule has 3 aromatic rings. The number of H-pyrrole nitrogens is 1. The molecule has 1 aromatic heterocycles. The second kappa shape index (κ2) is 12.3. The summed E-state index contributed by atoms with van der Waals surface area (Å²) in [4.78, 5) is 8.75. The van der Waals surface area contributed by atoms with Gasteiger partial charge >= 0.3 is 6.18 Å². The van der Waals surface area contributed by atoms with Gasteiger partial charge in [-0.25, -0.2) is 9.98 Å². The Morgan fingerprint density at radius 2 is 1.88 bits per heavy atom. The van der Waals surface area contributed by atoms with Gasteiger partial charge in [0.15, 0.2) is 18.4 Å². The average molecular weight is 560 g/mol. The number of hydrogen-bond acceptors (Lipinski definition) is 4. The lowest BCUT2D eigenvalue weighted by Crippen LogP contribution is -2.36. The Hall–Kier alpha value is -2.83. The Bertz CT molecular complexity index is 978. The van der Waals surface area contributed by atoms with E-state index in [2.05, 4.69) is 30.8 Å². The molecule has 0 fully saturated rings. The predicted molar refractivity (Wildman–Crippen MR) is 127 cm³/mol. The third-order valence-electron chi connectivity index (χ3n) is 4.17. The molecule has 3 N–H and O–H groups in total. The molecule has 0 atom stereocenters. The molecule has 0 unspecified atom stereocenters. The van der Waals surface area contributed by atoms with Crippen molar-refractivity contribution in [2.24, 2.45) is 4.99 Å². The van der Waals surface area contributed by atoms with Crippen LogP contribution in [0.3, 0.4) is 0 Å². The summed E-state index contributed by atoms with van der Waals surface area (Å²) in [6, 6.07) is 14.3. The van der Waals surface area contributed by atoms with Gasteiger partial charge in [-0.3, -0.25) is 5.10 Å². The summed E-state index contributed by atoms with van der Waals surface area (Å²) in [7, 11) is 0. The summed E-state index contributed by atoms with van der Waals surface area (Å²) in [5.74, 6) is 1.50. The van der Waals surface area contributed by atoms with Crippen LogP contribution in [0.1, 0.15) is 18.1 Å². The van der Waals surface area contributed by atoms with Crippen LogP contribution in [0.5, 0.6) is 5.75 Å². The number of guanidine groups is 1. The monoisotopic (exact) mass is 560 g/mol. The van der Waals surface area contributed by atoms with Crippen molar-refractivity contribution in [1.29, 1.82) is 0 Å². The predicted octanol–water partition coefficient (Wildman–Crippen LogP) is 4.29. The highest BCUT2D eigenvalue weighted by molar-refractivity contribution is 14.0. The number of halogens is 4. The maximum absolute atomic E-state index is 12.2. The molecular formula is C21H24F3IN6O. The van der Waals surface area contributed by atoms with Crippen LogP contribution in [0.2, 0.25) is 0 Å². The molecule has 0 aliphatic heterocycles. The van der Waals surface area contributed by atoms with E-state index in [0.29, 0.717) is 31.4 Å². The molecule has 32 heavy (non-hydrogen) atoms. The molecule has 0 aliphatic carbocycles. The molecule has 11 heteroatoms. The second-order valence-electron chi connectivity index (χ2n) is 6.63. The van der Waals surface area contributed by atoms with E-state index in [1.807, 2.05) is 31.2 Å². The van der Waals surface area contributed by atoms with Crippen LogP contribution in [0.25, 0.3) is 11.4 Å². The second-order valence-corrected chi connectivity index (χ2v) is 6.63. The summed E-state index contributed by atoms with van der Waals surface area (Å²) in [6.45, 7) is 2.27. The van der Waals surface area contributed by atoms with Crippen molar-refractivity contribution in [2.75, 3.05) is 13.2 Å². The maximum atomic E-state index is 12.2. The minimum atomic E-state index is -4.36. The Balaban J connectivity index is 0.00000363. The van der Waals surface area contributed by atoms with Crippen molar-refractivity contribution in [3.05, 3.63) is 66.0 Å². The van der Waals surface area contributed by atoms with Crippen molar-refractivity contribution in [3.8, 4) is 17.1 Å². The molecule has 0 radical (unpaired) electrons. The fraction of sp³-hybridized carbons (Fsp3) is 0.286. The maximum Gasteiger partial charge on any atom is 0.422 e. The largest absolute Gasteiger partial charge is 0.484 e. The molecule has 0 spiro atoms. The van der Waals surface area contributed by atoms with E-state index in [1.54, 1.807) is 12.1 Å². The molecule has 0 aliphatic rings. The first kappa shape index (κ1) is 25.4. The van der Waals surface area contributed by atoms with Gasteiger partial charge in [0, 0.05) is 18.7 Å². The van der Waals surface area contributed by atoms with Crippen molar-refractivity contribution < 1.29 is 17.9 Å². The molecule has 3 rings (SSSR count). The third kappa shape index (κ3) is 8.36. The number of nitrogens with zero attached hydrogens (tertiary/aromatic N) is 3. The fourth-order valence-electron chi connectivity index (χ4n) is 2.73. The molecule has 7 nitrogen and oxygen atoms in total. The van der Waals surface area contributed by atoms with E-state index >= 15 is 0 Å². The third-order valence-corrected chi connectivity index (χ3v) is 4.17. The lowest BCUT2D eigenvalue weighted by Gasteiger charge is -2.12. The SMILES string of the molecule is CCNC(=NCc1cccc(-c2ncn[nH]2)c1)NCc1ccc(OCC(F)(F)F)cc1.I. The molecule has 172 valence electrons. The Labute approximate surface area is 200 Å². The van der Waals surface area contributed by atoms with Gasteiger partial charge in [-0.2, -0.15) is 18.3 Å². The van der Waals surface area contributed by atoms with Crippen LogP contribution in [0.15, 0.2) is 59.9 Å². The number of aromatic amines is 1. The van der Waals surface area contributed by atoms with Crippen molar-refractivity contribution in [1.82, 2.24) is 25.8 Å². The highest BCUT2D eigenvalue weighted by Crippen LogP contribution is 2.19. The molecule has 0 saturated heterocycles. The normalized spacial score (nSPS) is 11.6. The van der Waals surface area contributed by atoms with Crippen LogP contribution >= 0.6 is 24.0 Å². The summed E-state index contributed by atoms with van der Waals surface area (Å²) in [6.07, 6.45) is -2.89. The number of benzene rings is 2. The standard InChI is InChI=1S/C21H23F3N6O.HI/c1-2-25-20(26-11-15-6-8-18(9-7-15)31-13-21(22,23)24)27-12-16-4-3-5-17(10-16)19-28-14-29-30-19;/h3-10,14H,2,11-13H2,1H3,(H2,25,26,27)(H,28,29,30);1H. The summed E-state index contributed by atoms with van der Waals surface area (Å²) < 4.78 is 41.4. The summed E-state index contributed by atoms with van der Waals surface area (Å²) in [5.41, 5.74) is 2.82. The molecular weight excluding hydrogens is 536 g/mol. The van der Waals surface area contributed by atoms with Crippen LogP contribution in [-0.2, 0) is 13.1 Å². The van der Waals surface area contributed by atoms with E-state index in [9.17, 15) is 13.2 Å². The molecule has 0 amide bonds. The Morgan fingerprint density at radius 3 is 2.53 bits per heavy atom. The van der Waals surface area contributed by atoms with Crippen LogP contribution in [0.4, 0.5) is 13.2 Å². The number of nitrogens with one attached hydrogen (secondary N) is 3. The highest BCUT2D eigenvalue weighted by atomic mass is 127. The first-order valence-corrected chi connectivity index (χ1v) is 9.68. The van der Waals surface area contributed by atoms with E-state index in [1.165, 1.54) is 18.5 Å². The topological polar surface area (TPSA) is 87.2 Å². The zero-order valence-corrected chi connectivity index (χ0v) is 19.6. The van der Waals surface area contributed by atoms with Crippen LogP contribution in [-0.4, -0.2) is 40.5 Å². The van der Waals surface area contributed by atoms with Gasteiger partial charge in [-0.1, -0.05) is 30.3 Å². The minimum absolute atomic E-state index is 0. The van der Waals surface area contributed by atoms with Crippen LogP contribution < -0.4 is 15.4 Å². The highest BCUT2D eigenvalue weighted by Gasteiger charge is 2.28. The van der Waals surface area contributed by atoms with E-state index in [4.69, 9.17) is 4.74 Å².